The number of aromatic carboxylic acids is 1. The molecule has 12 heteroatoms. The third-order valence-electron chi connectivity index (χ3n) is 6.22. The van der Waals surface area contributed by atoms with Gasteiger partial charge in [-0.25, -0.2) is 4.79 Å². The van der Waals surface area contributed by atoms with E-state index in [1.54, 1.807) is 0 Å². The largest absolute Gasteiger partial charge is 0.507 e. The molecule has 2 aromatic carbocycles. The van der Waals surface area contributed by atoms with E-state index in [0.717, 1.165) is 12.1 Å². The number of phenolic OH excluding ortho intramolecular Hbond substituents is 2. The molecule has 1 heterocycles. The van der Waals surface area contributed by atoms with Crippen molar-refractivity contribution in [1.29, 1.82) is 0 Å². The Bertz CT molecular complexity index is 1250. The molecule has 5 atom stereocenters. The van der Waals surface area contributed by atoms with Crippen LogP contribution in [0.3, 0.4) is 0 Å². The summed E-state index contributed by atoms with van der Waals surface area (Å²) in [5.41, 5.74) is -3.01. The molecule has 12 nitrogen and oxygen atoms in total. The van der Waals surface area contributed by atoms with Crippen LogP contribution in [0.25, 0.3) is 0 Å². The number of benzene rings is 2. The summed E-state index contributed by atoms with van der Waals surface area (Å²) >= 11 is 0. The SMILES string of the molecule is Cc1c(C(=O)O)c(O)cc2c1C(=O)c1cc(C3OC(CO)C(O)C(O)C3O)c(O)c(O)c1C2=O. The Morgan fingerprint density at radius 1 is 0.912 bits per heavy atom. The molecular weight excluding hydrogens is 456 g/mol. The van der Waals surface area contributed by atoms with E-state index in [9.17, 15) is 55.2 Å². The zero-order chi connectivity index (χ0) is 25.2. The lowest BCUT2D eigenvalue weighted by molar-refractivity contribution is -0.232. The van der Waals surface area contributed by atoms with Crippen LogP contribution in [0, 0.1) is 6.92 Å². The number of rotatable bonds is 3. The summed E-state index contributed by atoms with van der Waals surface area (Å²) in [7, 11) is 0. The van der Waals surface area contributed by atoms with Crippen LogP contribution in [0.15, 0.2) is 12.1 Å². The van der Waals surface area contributed by atoms with Gasteiger partial charge in [0.2, 0.25) is 0 Å². The van der Waals surface area contributed by atoms with Gasteiger partial charge in [0.15, 0.2) is 23.1 Å². The highest BCUT2D eigenvalue weighted by molar-refractivity contribution is 6.30. The highest BCUT2D eigenvalue weighted by Gasteiger charge is 2.46. The van der Waals surface area contributed by atoms with Crippen molar-refractivity contribution in [1.82, 2.24) is 0 Å². The maximum atomic E-state index is 13.3. The highest BCUT2D eigenvalue weighted by atomic mass is 16.5. The van der Waals surface area contributed by atoms with E-state index in [4.69, 9.17) is 4.74 Å². The molecule has 0 bridgehead atoms. The molecule has 2 aromatic rings. The Morgan fingerprint density at radius 3 is 2.09 bits per heavy atom. The zero-order valence-electron chi connectivity index (χ0n) is 17.5. The average Bonchev–Trinajstić information content (AvgIpc) is 2.77. The predicted octanol–water partition coefficient (Wildman–Crippen LogP) is -0.900. The molecule has 0 spiro atoms. The van der Waals surface area contributed by atoms with Crippen molar-refractivity contribution in [3.63, 3.8) is 0 Å². The van der Waals surface area contributed by atoms with Crippen molar-refractivity contribution >= 4 is 17.5 Å². The topological polar surface area (TPSA) is 222 Å². The van der Waals surface area contributed by atoms with Crippen molar-refractivity contribution < 1.29 is 60.0 Å². The predicted molar refractivity (Wildman–Crippen MR) is 109 cm³/mol. The summed E-state index contributed by atoms with van der Waals surface area (Å²) in [4.78, 5) is 38.0. The Balaban J connectivity index is 1.93. The average molecular weight is 476 g/mol. The number of carboxylic acid groups (broad SMARTS) is 1. The molecule has 1 aliphatic carbocycles. The van der Waals surface area contributed by atoms with Crippen LogP contribution < -0.4 is 0 Å². The normalized spacial score (nSPS) is 26.2. The minimum atomic E-state index is -1.86. The number of aliphatic hydroxyl groups is 4. The lowest BCUT2D eigenvalue weighted by Crippen LogP contribution is -2.55. The van der Waals surface area contributed by atoms with Gasteiger partial charge in [-0.3, -0.25) is 9.59 Å². The van der Waals surface area contributed by atoms with Crippen LogP contribution in [0.1, 0.15) is 59.4 Å². The number of ether oxygens (including phenoxy) is 1. The zero-order valence-corrected chi connectivity index (χ0v) is 17.5. The molecule has 180 valence electrons. The summed E-state index contributed by atoms with van der Waals surface area (Å²) in [6.45, 7) is 0.446. The number of aliphatic hydroxyl groups excluding tert-OH is 4. The van der Waals surface area contributed by atoms with Crippen molar-refractivity contribution in [2.45, 2.75) is 37.4 Å². The van der Waals surface area contributed by atoms with E-state index in [-0.39, 0.29) is 16.7 Å². The van der Waals surface area contributed by atoms with Gasteiger partial charge in [-0.15, -0.1) is 0 Å². The molecule has 34 heavy (non-hydrogen) atoms. The first-order chi connectivity index (χ1) is 15.9. The monoisotopic (exact) mass is 476 g/mol. The van der Waals surface area contributed by atoms with Gasteiger partial charge in [0.05, 0.1) is 12.2 Å². The van der Waals surface area contributed by atoms with Crippen LogP contribution in [-0.2, 0) is 4.74 Å². The van der Waals surface area contributed by atoms with Gasteiger partial charge >= 0.3 is 5.97 Å². The molecule has 1 fully saturated rings. The molecule has 1 saturated heterocycles. The second-order valence-corrected chi connectivity index (χ2v) is 8.12. The third kappa shape index (κ3) is 3.15. The van der Waals surface area contributed by atoms with E-state index in [1.807, 2.05) is 0 Å². The van der Waals surface area contributed by atoms with Gasteiger partial charge in [-0.1, -0.05) is 0 Å². The van der Waals surface area contributed by atoms with E-state index in [1.165, 1.54) is 6.92 Å². The van der Waals surface area contributed by atoms with Gasteiger partial charge in [-0.2, -0.15) is 0 Å². The van der Waals surface area contributed by atoms with Gasteiger partial charge in [0, 0.05) is 22.3 Å². The first-order valence-electron chi connectivity index (χ1n) is 10.0. The Morgan fingerprint density at radius 2 is 1.50 bits per heavy atom. The molecular formula is C22H20O12. The number of hydrogen-bond donors (Lipinski definition) is 8. The van der Waals surface area contributed by atoms with Crippen molar-refractivity contribution in [2.24, 2.45) is 0 Å². The van der Waals surface area contributed by atoms with Gasteiger partial charge in [0.25, 0.3) is 0 Å². The molecule has 5 unspecified atom stereocenters. The molecule has 0 saturated carbocycles. The molecule has 0 aromatic heterocycles. The first kappa shape index (κ1) is 23.6. The smallest absolute Gasteiger partial charge is 0.339 e. The summed E-state index contributed by atoms with van der Waals surface area (Å²) in [5.74, 6) is -6.21. The minimum absolute atomic E-state index is 0.201. The lowest BCUT2D eigenvalue weighted by atomic mass is 9.78. The van der Waals surface area contributed by atoms with E-state index in [0.29, 0.717) is 0 Å². The number of carboxylic acids is 1. The highest BCUT2D eigenvalue weighted by Crippen LogP contribution is 2.47. The van der Waals surface area contributed by atoms with Gasteiger partial charge in [-0.05, 0) is 24.6 Å². The number of ketones is 2. The summed E-state index contributed by atoms with van der Waals surface area (Å²) in [6.07, 6.45) is -8.38. The standard InChI is InChI=1S/C22H20O12/c1-5-11-7(3-9(24)12(5)22(32)33)15(26)13-6(14(11)25)2-8(16(27)18(13)29)21-20(31)19(30)17(28)10(4-23)34-21/h2-3,10,17,19-21,23-24,27-31H,4H2,1H3,(H,32,33). The van der Waals surface area contributed by atoms with Crippen molar-refractivity contribution in [3.05, 3.63) is 51.1 Å². The Labute approximate surface area is 190 Å². The Hall–Kier alpha value is -3.55. The molecule has 0 amide bonds. The van der Waals surface area contributed by atoms with E-state index in [2.05, 4.69) is 0 Å². The number of aromatic hydroxyl groups is 3. The first-order valence-corrected chi connectivity index (χ1v) is 10.0. The third-order valence-corrected chi connectivity index (χ3v) is 6.22. The maximum Gasteiger partial charge on any atom is 0.339 e. The lowest BCUT2D eigenvalue weighted by Gasteiger charge is -2.40. The van der Waals surface area contributed by atoms with Crippen molar-refractivity contribution in [3.8, 4) is 17.2 Å². The van der Waals surface area contributed by atoms with Crippen LogP contribution in [0.4, 0.5) is 0 Å². The summed E-state index contributed by atoms with van der Waals surface area (Å²) in [6, 6.07) is 1.73. The number of phenols is 3. The second kappa shape index (κ2) is 8.04. The van der Waals surface area contributed by atoms with Crippen LogP contribution in [-0.4, -0.2) is 89.4 Å². The molecule has 2 aliphatic rings. The summed E-state index contributed by atoms with van der Waals surface area (Å²) in [5, 5.41) is 80.4. The molecule has 4 rings (SSSR count). The summed E-state index contributed by atoms with van der Waals surface area (Å²) < 4.78 is 5.38. The number of hydrogen-bond acceptors (Lipinski definition) is 11. The minimum Gasteiger partial charge on any atom is -0.507 e. The van der Waals surface area contributed by atoms with Crippen molar-refractivity contribution in [2.75, 3.05) is 6.61 Å². The fraction of sp³-hybridized carbons (Fsp3) is 0.318. The Kier molecular flexibility index (Phi) is 5.58. The molecule has 0 radical (unpaired) electrons. The van der Waals surface area contributed by atoms with Crippen LogP contribution in [0.5, 0.6) is 17.2 Å². The number of carbonyl (C=O) groups is 3. The van der Waals surface area contributed by atoms with Crippen LogP contribution in [0.2, 0.25) is 0 Å². The fourth-order valence-corrected chi connectivity index (χ4v) is 4.47. The number of carbonyl (C=O) groups excluding carboxylic acids is 2. The van der Waals surface area contributed by atoms with Crippen LogP contribution >= 0.6 is 0 Å². The van der Waals surface area contributed by atoms with Gasteiger partial charge < -0.3 is 45.6 Å². The number of fused-ring (bicyclic) bond motifs is 2. The molecule has 1 aliphatic heterocycles. The quantitative estimate of drug-likeness (QED) is 0.215. The fourth-order valence-electron chi connectivity index (χ4n) is 4.47. The van der Waals surface area contributed by atoms with E-state index >= 15 is 0 Å². The second-order valence-electron chi connectivity index (χ2n) is 8.12. The van der Waals surface area contributed by atoms with E-state index < -0.39 is 94.2 Å². The molecule has 8 N–H and O–H groups in total. The van der Waals surface area contributed by atoms with Gasteiger partial charge in [0.1, 0.15) is 41.8 Å². The maximum absolute atomic E-state index is 13.3.